The molecule has 8 heteroatoms. The molecule has 0 unspecified atom stereocenters. The summed E-state index contributed by atoms with van der Waals surface area (Å²) in [7, 11) is 1.25. The lowest BCUT2D eigenvalue weighted by Gasteiger charge is -2.15. The molecule has 96 valence electrons. The minimum Gasteiger partial charge on any atom is -0.481 e. The van der Waals surface area contributed by atoms with Crippen LogP contribution in [0.4, 0.5) is 13.2 Å². The average Bonchev–Trinajstić information content (AvgIpc) is 2.25. The van der Waals surface area contributed by atoms with Crippen LogP contribution in [-0.2, 0) is 12.5 Å². The van der Waals surface area contributed by atoms with Crippen LogP contribution in [0.5, 0.6) is 11.6 Å². The van der Waals surface area contributed by atoms with Gasteiger partial charge in [-0.3, -0.25) is 0 Å². The van der Waals surface area contributed by atoms with Gasteiger partial charge in [0, 0.05) is 11.6 Å². The van der Waals surface area contributed by atoms with Gasteiger partial charge in [0.05, 0.1) is 25.3 Å². The van der Waals surface area contributed by atoms with Crippen LogP contribution in [0.1, 0.15) is 11.3 Å². The highest BCUT2D eigenvalue weighted by Gasteiger charge is 2.33. The van der Waals surface area contributed by atoms with Crippen LogP contribution in [0.2, 0.25) is 0 Å². The lowest BCUT2D eigenvalue weighted by Crippen LogP contribution is -2.19. The van der Waals surface area contributed by atoms with Crippen LogP contribution >= 0.6 is 11.6 Å². The van der Waals surface area contributed by atoms with Gasteiger partial charge in [-0.15, -0.1) is 24.8 Å². The summed E-state index contributed by atoms with van der Waals surface area (Å²) in [5.74, 6) is -0.805. The van der Waals surface area contributed by atoms with E-state index in [1.54, 1.807) is 0 Å². The van der Waals surface area contributed by atoms with Crippen LogP contribution in [0.25, 0.3) is 0 Å². The van der Waals surface area contributed by atoms with Gasteiger partial charge in [-0.1, -0.05) is 0 Å². The number of methoxy groups -OCH3 is 1. The summed E-state index contributed by atoms with van der Waals surface area (Å²) < 4.78 is 44.9. The van der Waals surface area contributed by atoms with Gasteiger partial charge >= 0.3 is 6.36 Å². The molecule has 0 spiro atoms. The maximum Gasteiger partial charge on any atom is 0.573 e. The molecule has 0 aliphatic carbocycles. The van der Waals surface area contributed by atoms with Crippen LogP contribution in [0, 0.1) is 0 Å². The molecule has 0 radical (unpaired) electrons. The van der Waals surface area contributed by atoms with Crippen LogP contribution in [0.3, 0.4) is 0 Å². The fourth-order valence-corrected chi connectivity index (χ4v) is 1.40. The van der Waals surface area contributed by atoms with Crippen LogP contribution in [0.15, 0.2) is 6.07 Å². The number of hydrogen-bond donors (Lipinski definition) is 1. The Morgan fingerprint density at radius 3 is 2.53 bits per heavy atom. The maximum absolute atomic E-state index is 12.1. The number of aliphatic hydroxyl groups excluding tert-OH is 1. The smallest absolute Gasteiger partial charge is 0.481 e. The standard InChI is InChI=1S/C9H9ClF3NO3/c1-16-8-2-7(17-9(11,12)13)5(4-15)6(3-10)14-8/h2,15H,3-4H2,1H3. The van der Waals surface area contributed by atoms with E-state index in [4.69, 9.17) is 21.4 Å². The molecule has 0 fully saturated rings. The third-order valence-corrected chi connectivity index (χ3v) is 2.12. The Labute approximate surface area is 99.9 Å². The minimum atomic E-state index is -4.86. The minimum absolute atomic E-state index is 0.0721. The summed E-state index contributed by atoms with van der Waals surface area (Å²) in [6.07, 6.45) is -4.86. The second-order valence-corrected chi connectivity index (χ2v) is 3.19. The number of nitrogens with zero attached hydrogens (tertiary/aromatic N) is 1. The Kier molecular flexibility index (Phi) is 4.41. The van der Waals surface area contributed by atoms with Gasteiger partial charge in [0.25, 0.3) is 0 Å². The topological polar surface area (TPSA) is 51.6 Å². The fourth-order valence-electron chi connectivity index (χ4n) is 1.17. The zero-order valence-corrected chi connectivity index (χ0v) is 9.47. The number of aliphatic hydroxyl groups is 1. The van der Waals surface area contributed by atoms with Gasteiger partial charge in [0.1, 0.15) is 5.75 Å². The predicted molar refractivity (Wildman–Crippen MR) is 53.0 cm³/mol. The van der Waals surface area contributed by atoms with Gasteiger partial charge in [-0.05, 0) is 0 Å². The number of rotatable bonds is 4. The molecule has 0 aliphatic heterocycles. The first kappa shape index (κ1) is 13.9. The molecule has 4 nitrogen and oxygen atoms in total. The highest BCUT2D eigenvalue weighted by Crippen LogP contribution is 2.31. The van der Waals surface area contributed by atoms with Crippen molar-refractivity contribution in [2.45, 2.75) is 18.8 Å². The van der Waals surface area contributed by atoms with E-state index in [2.05, 4.69) is 9.72 Å². The molecule has 17 heavy (non-hydrogen) atoms. The Morgan fingerprint density at radius 1 is 1.47 bits per heavy atom. The summed E-state index contributed by atoms with van der Waals surface area (Å²) in [6.45, 7) is -0.662. The van der Waals surface area contributed by atoms with E-state index in [-0.39, 0.29) is 23.0 Å². The highest BCUT2D eigenvalue weighted by atomic mass is 35.5. The van der Waals surface area contributed by atoms with Crippen LogP contribution in [-0.4, -0.2) is 23.6 Å². The molecule has 0 aliphatic rings. The van der Waals surface area contributed by atoms with Crippen molar-refractivity contribution in [3.63, 3.8) is 0 Å². The van der Waals surface area contributed by atoms with E-state index >= 15 is 0 Å². The van der Waals surface area contributed by atoms with Crippen molar-refractivity contribution < 1.29 is 27.8 Å². The molecule has 0 bridgehead atoms. The Hall–Kier alpha value is -1.21. The van der Waals surface area contributed by atoms with Crippen molar-refractivity contribution in [3.05, 3.63) is 17.3 Å². The van der Waals surface area contributed by atoms with Gasteiger partial charge in [0.2, 0.25) is 5.88 Å². The molecule has 0 amide bonds. The van der Waals surface area contributed by atoms with Crippen molar-refractivity contribution in [1.82, 2.24) is 4.98 Å². The lowest BCUT2D eigenvalue weighted by atomic mass is 10.2. The number of aromatic nitrogens is 1. The first-order valence-electron chi connectivity index (χ1n) is 4.40. The number of alkyl halides is 4. The van der Waals surface area contributed by atoms with Gasteiger partial charge in [-0.2, -0.15) is 0 Å². The van der Waals surface area contributed by atoms with E-state index in [1.807, 2.05) is 0 Å². The molecule has 0 atom stereocenters. The molecule has 1 heterocycles. The molecule has 0 saturated carbocycles. The van der Waals surface area contributed by atoms with E-state index in [0.717, 1.165) is 6.07 Å². The van der Waals surface area contributed by atoms with Crippen molar-refractivity contribution >= 4 is 11.6 Å². The van der Waals surface area contributed by atoms with E-state index in [1.165, 1.54) is 7.11 Å². The second kappa shape index (κ2) is 5.42. The molecular weight excluding hydrogens is 263 g/mol. The lowest BCUT2D eigenvalue weighted by molar-refractivity contribution is -0.275. The molecule has 1 aromatic rings. The zero-order chi connectivity index (χ0) is 13.1. The van der Waals surface area contributed by atoms with Crippen molar-refractivity contribution in [2.75, 3.05) is 7.11 Å². The number of ether oxygens (including phenoxy) is 2. The van der Waals surface area contributed by atoms with Crippen molar-refractivity contribution in [1.29, 1.82) is 0 Å². The zero-order valence-electron chi connectivity index (χ0n) is 8.71. The van der Waals surface area contributed by atoms with Crippen molar-refractivity contribution in [2.24, 2.45) is 0 Å². The van der Waals surface area contributed by atoms with Crippen molar-refractivity contribution in [3.8, 4) is 11.6 Å². The average molecular weight is 272 g/mol. The highest BCUT2D eigenvalue weighted by molar-refractivity contribution is 6.17. The van der Waals surface area contributed by atoms with E-state index in [0.29, 0.717) is 0 Å². The van der Waals surface area contributed by atoms with Gasteiger partial charge in [-0.25, -0.2) is 4.98 Å². The summed E-state index contributed by atoms with van der Waals surface area (Å²) in [4.78, 5) is 3.81. The first-order valence-corrected chi connectivity index (χ1v) is 4.94. The number of halogens is 4. The van der Waals surface area contributed by atoms with Gasteiger partial charge in [0.15, 0.2) is 0 Å². The third kappa shape index (κ3) is 3.64. The summed E-state index contributed by atoms with van der Waals surface area (Å²) in [5, 5.41) is 9.00. The first-order chi connectivity index (χ1) is 7.91. The Morgan fingerprint density at radius 2 is 2.12 bits per heavy atom. The fraction of sp³-hybridized carbons (Fsp3) is 0.444. The maximum atomic E-state index is 12.1. The molecule has 1 aromatic heterocycles. The SMILES string of the molecule is COc1cc(OC(F)(F)F)c(CO)c(CCl)n1. The summed E-state index contributed by atoms with van der Waals surface area (Å²) in [6, 6.07) is 0.940. The predicted octanol–water partition coefficient (Wildman–Crippen LogP) is 2.22. The molecule has 1 rings (SSSR count). The third-order valence-electron chi connectivity index (χ3n) is 1.87. The largest absolute Gasteiger partial charge is 0.573 e. The Bertz CT molecular complexity index is 398. The summed E-state index contributed by atoms with van der Waals surface area (Å²) >= 11 is 5.52. The quantitative estimate of drug-likeness (QED) is 0.853. The van der Waals surface area contributed by atoms with Gasteiger partial charge < -0.3 is 14.6 Å². The monoisotopic (exact) mass is 271 g/mol. The summed E-state index contributed by atoms with van der Waals surface area (Å²) in [5.41, 5.74) is -0.0362. The molecule has 0 aromatic carbocycles. The Balaban J connectivity index is 3.24. The number of hydrogen-bond acceptors (Lipinski definition) is 4. The molecule has 1 N–H and O–H groups in total. The molecular formula is C9H9ClF3NO3. The normalized spacial score (nSPS) is 11.4. The van der Waals surface area contributed by atoms with E-state index < -0.39 is 18.7 Å². The molecule has 0 saturated heterocycles. The second-order valence-electron chi connectivity index (χ2n) is 2.93. The van der Waals surface area contributed by atoms with E-state index in [9.17, 15) is 13.2 Å². The van der Waals surface area contributed by atoms with Crippen LogP contribution < -0.4 is 9.47 Å². The number of pyridine rings is 1.